The van der Waals surface area contributed by atoms with Crippen LogP contribution >= 0.6 is 11.6 Å². The highest BCUT2D eigenvalue weighted by Gasteiger charge is 2.23. The van der Waals surface area contributed by atoms with Gasteiger partial charge in [0.15, 0.2) is 0 Å². The van der Waals surface area contributed by atoms with Gasteiger partial charge in [-0.15, -0.1) is 16.5 Å². The van der Waals surface area contributed by atoms with Gasteiger partial charge in [-0.1, -0.05) is 0 Å². The first-order valence-corrected chi connectivity index (χ1v) is 4.73. The molecule has 7 heteroatoms. The van der Waals surface area contributed by atoms with Gasteiger partial charge >= 0.3 is 6.03 Å². The largest absolute Gasteiger partial charge is 0.393 e. The third-order valence-electron chi connectivity index (χ3n) is 1.53. The first-order chi connectivity index (χ1) is 11.1. The number of nitrogens with one attached hydrogen (secondary N) is 1. The van der Waals surface area contributed by atoms with Gasteiger partial charge in [0, 0.05) is 21.5 Å². The first kappa shape index (κ1) is 5.18. The maximum atomic E-state index is 12.0. The molecular formula is C9H16ClN3O3. The van der Waals surface area contributed by atoms with E-state index in [-0.39, 0.29) is 10.9 Å². The van der Waals surface area contributed by atoms with Crippen LogP contribution in [0, 0.1) is 4.91 Å². The fourth-order valence-electron chi connectivity index (χ4n) is 0.838. The van der Waals surface area contributed by atoms with Crippen molar-refractivity contribution in [1.29, 1.82) is 0 Å². The third-order valence-corrected chi connectivity index (χ3v) is 1.70. The zero-order valence-electron chi connectivity index (χ0n) is 17.0. The Morgan fingerprint density at radius 3 is 3.06 bits per heavy atom. The highest BCUT2D eigenvalue weighted by atomic mass is 35.5. The van der Waals surface area contributed by atoms with Crippen LogP contribution in [0.3, 0.4) is 0 Å². The number of amides is 2. The highest BCUT2D eigenvalue weighted by Crippen LogP contribution is 2.18. The van der Waals surface area contributed by atoms with Crippen molar-refractivity contribution in [1.82, 2.24) is 10.3 Å². The summed E-state index contributed by atoms with van der Waals surface area (Å²) in [7, 11) is 0. The number of urea groups is 1. The van der Waals surface area contributed by atoms with Crippen LogP contribution in [-0.2, 0) is 0 Å². The van der Waals surface area contributed by atoms with Crippen LogP contribution in [-0.4, -0.2) is 40.7 Å². The Balaban J connectivity index is 3.48. The molecule has 2 N–H and O–H groups in total. The van der Waals surface area contributed by atoms with Crippen LogP contribution in [0.15, 0.2) is 5.29 Å². The van der Waals surface area contributed by atoms with Gasteiger partial charge in [-0.25, -0.2) is 4.79 Å². The summed E-state index contributed by atoms with van der Waals surface area (Å²) in [6.45, 7) is -0.460. The lowest BCUT2D eigenvalue weighted by molar-refractivity contribution is 0.115. The van der Waals surface area contributed by atoms with Crippen molar-refractivity contribution in [3.8, 4) is 0 Å². The number of hydrogen-bond acceptors (Lipinski definition) is 4. The number of carbonyl (C=O) groups excluding carboxylic acids is 1. The molecule has 0 radical (unpaired) electrons. The van der Waals surface area contributed by atoms with Gasteiger partial charge in [0.1, 0.15) is 0 Å². The van der Waals surface area contributed by atoms with Gasteiger partial charge in [0.2, 0.25) is 0 Å². The third kappa shape index (κ3) is 3.94. The predicted octanol–water partition coefficient (Wildman–Crippen LogP) is 1.22. The first-order valence-electron chi connectivity index (χ1n) is 8.77. The number of nitroso groups, excluding NO2 is 1. The minimum absolute atomic E-state index is 0.130. The topological polar surface area (TPSA) is 82.0 Å². The van der Waals surface area contributed by atoms with Gasteiger partial charge in [-0.05, 0) is 25.5 Å². The summed E-state index contributed by atoms with van der Waals surface area (Å²) in [5, 5.41) is 13.8. The van der Waals surface area contributed by atoms with E-state index in [4.69, 9.17) is 23.9 Å². The Hall–Kier alpha value is -0.880. The second-order valence-corrected chi connectivity index (χ2v) is 3.00. The molecule has 1 unspecified atom stereocenters. The average Bonchev–Trinajstić information content (AvgIpc) is 2.49. The van der Waals surface area contributed by atoms with Gasteiger partial charge in [0.05, 0.1) is 20.7 Å². The lowest BCUT2D eigenvalue weighted by atomic mass is 9.93. The SMILES string of the molecule is [2H]C1C([2H])([2H])[C@]([2H])(NC(=O)N(CCCl)N=O)C([2H])([2H])C([2H])([2H])[C@]1([2H])O. The normalized spacial score (nSPS) is 56.4. The zero-order valence-corrected chi connectivity index (χ0v) is 8.78. The van der Waals surface area contributed by atoms with E-state index in [1.165, 1.54) is 5.32 Å². The number of rotatable bonds is 4. The maximum absolute atomic E-state index is 12.0. The summed E-state index contributed by atoms with van der Waals surface area (Å²) in [6, 6.07) is -5.02. The number of carbonyl (C=O) groups is 1. The standard InChI is InChI=1S/C9H16ClN3O3/c10-5-6-13(12-16)9(15)11-7-1-3-8(14)4-2-7/h7-8,14H,1-6H2,(H,11,15)/t7-,8+/i1D2,2D2,3D,4D2,7D,8D/t3?,7-,8+/m0/s1. The van der Waals surface area contributed by atoms with E-state index in [1.807, 2.05) is 0 Å². The van der Waals surface area contributed by atoms with Crippen LogP contribution < -0.4 is 5.32 Å². The molecule has 16 heavy (non-hydrogen) atoms. The van der Waals surface area contributed by atoms with E-state index in [9.17, 15) is 14.8 Å². The van der Waals surface area contributed by atoms with Gasteiger partial charge in [-0.2, -0.15) is 5.01 Å². The lowest BCUT2D eigenvalue weighted by Crippen LogP contribution is -2.44. The summed E-state index contributed by atoms with van der Waals surface area (Å²) in [5.74, 6) is -0.266. The molecule has 1 saturated carbocycles. The summed E-state index contributed by atoms with van der Waals surface area (Å²) in [6.07, 6.45) is -17.0. The summed E-state index contributed by atoms with van der Waals surface area (Å²) in [4.78, 5) is 22.6. The van der Waals surface area contributed by atoms with Crippen LogP contribution in [0.2, 0.25) is 0 Å². The Kier molecular flexibility index (Phi) is 2.15. The molecular weight excluding hydrogens is 234 g/mol. The number of aliphatic hydroxyl groups is 1. The molecule has 1 fully saturated rings. The molecule has 0 heterocycles. The molecule has 0 spiro atoms. The number of alkyl halides is 1. The van der Waals surface area contributed by atoms with Crippen LogP contribution in [0.1, 0.15) is 37.9 Å². The van der Waals surface area contributed by atoms with Crippen molar-refractivity contribution in [3.05, 3.63) is 4.91 Å². The molecule has 1 rings (SSSR count). The second-order valence-electron chi connectivity index (χ2n) is 2.62. The number of nitrogens with zero attached hydrogens (tertiary/aromatic N) is 2. The number of hydrogen-bond donors (Lipinski definition) is 2. The van der Waals surface area contributed by atoms with E-state index in [1.54, 1.807) is 0 Å². The Labute approximate surface area is 112 Å². The molecule has 0 aromatic carbocycles. The van der Waals surface area contributed by atoms with Crippen LogP contribution in [0.4, 0.5) is 4.79 Å². The molecule has 0 aromatic heterocycles. The van der Waals surface area contributed by atoms with Crippen molar-refractivity contribution < 1.29 is 22.2 Å². The van der Waals surface area contributed by atoms with E-state index < -0.39 is 50.2 Å². The monoisotopic (exact) mass is 258 g/mol. The molecule has 6 nitrogen and oxygen atoms in total. The quantitative estimate of drug-likeness (QED) is 0.452. The second kappa shape index (κ2) is 6.65. The van der Waals surface area contributed by atoms with Gasteiger partial charge in [-0.3, -0.25) is 0 Å². The molecule has 0 aromatic rings. The highest BCUT2D eigenvalue weighted by molar-refractivity contribution is 6.18. The molecule has 0 saturated heterocycles. The molecule has 0 bridgehead atoms. The fraction of sp³-hybridized carbons (Fsp3) is 0.889. The van der Waals surface area contributed by atoms with Gasteiger partial charge in [0.25, 0.3) is 0 Å². The summed E-state index contributed by atoms with van der Waals surface area (Å²) in [5.41, 5.74) is 0. The minimum atomic E-state index is -3.68. The molecule has 1 aliphatic rings. The van der Waals surface area contributed by atoms with E-state index in [0.29, 0.717) is 0 Å². The Morgan fingerprint density at radius 1 is 1.69 bits per heavy atom. The summed E-state index contributed by atoms with van der Waals surface area (Å²) >= 11 is 5.35. The van der Waals surface area contributed by atoms with Crippen molar-refractivity contribution in [3.63, 3.8) is 0 Å². The predicted molar refractivity (Wildman–Crippen MR) is 60.0 cm³/mol. The van der Waals surface area contributed by atoms with Crippen molar-refractivity contribution in [2.45, 2.75) is 37.6 Å². The van der Waals surface area contributed by atoms with E-state index >= 15 is 0 Å². The maximum Gasteiger partial charge on any atom is 0.340 e. The minimum Gasteiger partial charge on any atom is -0.393 e. The Morgan fingerprint density at radius 2 is 2.44 bits per heavy atom. The van der Waals surface area contributed by atoms with E-state index in [2.05, 4.69) is 5.29 Å². The van der Waals surface area contributed by atoms with Crippen molar-refractivity contribution in [2.75, 3.05) is 12.4 Å². The van der Waals surface area contributed by atoms with Gasteiger partial charge < -0.3 is 10.4 Å². The van der Waals surface area contributed by atoms with Crippen LogP contribution in [0.5, 0.6) is 0 Å². The molecule has 2 amide bonds. The smallest absolute Gasteiger partial charge is 0.340 e. The zero-order chi connectivity index (χ0) is 20.1. The Bertz CT molecular complexity index is 564. The molecule has 92 valence electrons. The van der Waals surface area contributed by atoms with Crippen molar-refractivity contribution >= 4 is 17.6 Å². The van der Waals surface area contributed by atoms with Crippen molar-refractivity contribution in [2.24, 2.45) is 5.29 Å². The molecule has 0 aliphatic heterocycles. The molecule has 3 atom stereocenters. The fourth-order valence-corrected chi connectivity index (χ4v) is 0.998. The lowest BCUT2D eigenvalue weighted by Gasteiger charge is -2.27. The average molecular weight is 259 g/mol. The molecule has 1 aliphatic carbocycles. The van der Waals surface area contributed by atoms with E-state index in [0.717, 1.165) is 0 Å². The van der Waals surface area contributed by atoms with Crippen LogP contribution in [0.25, 0.3) is 0 Å². The number of halogens is 1. The summed E-state index contributed by atoms with van der Waals surface area (Å²) < 4.78 is 69.8.